The molecule has 1 rings (SSSR count). The third-order valence-electron chi connectivity index (χ3n) is 1.37. The first-order chi connectivity index (χ1) is 5.27. The summed E-state index contributed by atoms with van der Waals surface area (Å²) in [5.41, 5.74) is 4.26. The lowest BCUT2D eigenvalue weighted by Crippen LogP contribution is -2.08. The van der Waals surface area contributed by atoms with Crippen molar-refractivity contribution in [2.75, 3.05) is 5.43 Å². The Kier molecular flexibility index (Phi) is 3.10. The number of halogens is 1. The highest BCUT2D eigenvalue weighted by molar-refractivity contribution is 14.1. The van der Waals surface area contributed by atoms with Crippen LogP contribution in [0.15, 0.2) is 18.2 Å². The minimum atomic E-state index is 0.0472. The molecule has 0 aliphatic carbocycles. The van der Waals surface area contributed by atoms with Crippen LogP contribution in [0.3, 0.4) is 0 Å². The molecule has 0 bridgehead atoms. The second-order valence-corrected chi connectivity index (χ2v) is 3.28. The average molecular weight is 264 g/mol. The Morgan fingerprint density at radius 3 is 2.82 bits per heavy atom. The molecule has 1 aromatic rings. The van der Waals surface area contributed by atoms with Crippen LogP contribution in [-0.4, -0.2) is 5.11 Å². The molecule has 0 unspecified atom stereocenters. The highest BCUT2D eigenvalue weighted by Crippen LogP contribution is 2.18. The Hall–Kier alpha value is -0.330. The number of anilines is 1. The Balaban J connectivity index is 3.02. The van der Waals surface area contributed by atoms with Crippen molar-refractivity contribution in [3.63, 3.8) is 0 Å². The molecular weight excluding hydrogens is 255 g/mol. The number of nitrogens with two attached hydrogens (primary N) is 1. The first-order valence-corrected chi connectivity index (χ1v) is 4.21. The van der Waals surface area contributed by atoms with Crippen LogP contribution in [-0.2, 0) is 6.61 Å². The molecule has 4 N–H and O–H groups in total. The van der Waals surface area contributed by atoms with Crippen LogP contribution in [0.25, 0.3) is 0 Å². The number of hydrazine groups is 1. The summed E-state index contributed by atoms with van der Waals surface area (Å²) in [5, 5.41) is 8.78. The van der Waals surface area contributed by atoms with E-state index in [2.05, 4.69) is 28.0 Å². The molecule has 3 nitrogen and oxygen atoms in total. The number of hydrogen-bond acceptors (Lipinski definition) is 3. The second-order valence-electron chi connectivity index (χ2n) is 2.12. The molecule has 0 radical (unpaired) electrons. The van der Waals surface area contributed by atoms with E-state index in [9.17, 15) is 0 Å². The van der Waals surface area contributed by atoms with Crippen LogP contribution in [0.2, 0.25) is 0 Å². The summed E-state index contributed by atoms with van der Waals surface area (Å²) < 4.78 is 1.04. The highest BCUT2D eigenvalue weighted by atomic mass is 127. The quantitative estimate of drug-likeness (QED) is 0.425. The predicted octanol–water partition coefficient (Wildman–Crippen LogP) is 1.07. The Labute approximate surface area is 78.7 Å². The zero-order valence-corrected chi connectivity index (χ0v) is 8.00. The lowest BCUT2D eigenvalue weighted by atomic mass is 10.2. The zero-order chi connectivity index (χ0) is 8.27. The van der Waals surface area contributed by atoms with Gasteiger partial charge in [0, 0.05) is 3.57 Å². The minimum Gasteiger partial charge on any atom is -0.392 e. The summed E-state index contributed by atoms with van der Waals surface area (Å²) in [7, 11) is 0. The van der Waals surface area contributed by atoms with Gasteiger partial charge in [-0.15, -0.1) is 0 Å². The van der Waals surface area contributed by atoms with Gasteiger partial charge in [-0.1, -0.05) is 6.07 Å². The first-order valence-electron chi connectivity index (χ1n) is 3.14. The van der Waals surface area contributed by atoms with Crippen LogP contribution in [0.4, 0.5) is 5.69 Å². The molecule has 0 heterocycles. The van der Waals surface area contributed by atoms with Gasteiger partial charge in [0.15, 0.2) is 0 Å². The number of aliphatic hydroxyl groups is 1. The molecule has 0 atom stereocenters. The summed E-state index contributed by atoms with van der Waals surface area (Å²) in [6.07, 6.45) is 0. The van der Waals surface area contributed by atoms with Crippen LogP contribution in [0.1, 0.15) is 5.56 Å². The van der Waals surface area contributed by atoms with Gasteiger partial charge in [-0.05, 0) is 40.3 Å². The van der Waals surface area contributed by atoms with Gasteiger partial charge in [-0.25, -0.2) is 0 Å². The molecule has 0 aliphatic rings. The van der Waals surface area contributed by atoms with E-state index in [0.717, 1.165) is 14.8 Å². The molecule has 1 aromatic carbocycles. The maximum absolute atomic E-state index is 8.78. The first kappa shape index (κ1) is 8.76. The fraction of sp³-hybridized carbons (Fsp3) is 0.143. The second kappa shape index (κ2) is 3.89. The normalized spacial score (nSPS) is 9.73. The summed E-state index contributed by atoms with van der Waals surface area (Å²) in [6.45, 7) is 0.0472. The molecule has 0 aliphatic heterocycles. The van der Waals surface area contributed by atoms with Crippen molar-refractivity contribution in [3.05, 3.63) is 27.3 Å². The molecule has 0 amide bonds. The van der Waals surface area contributed by atoms with Gasteiger partial charge in [-0.3, -0.25) is 5.84 Å². The fourth-order valence-corrected chi connectivity index (χ4v) is 1.27. The van der Waals surface area contributed by atoms with Gasteiger partial charge >= 0.3 is 0 Å². The van der Waals surface area contributed by atoms with Gasteiger partial charge in [-0.2, -0.15) is 0 Å². The molecular formula is C7H9IN2O. The van der Waals surface area contributed by atoms with Crippen LogP contribution >= 0.6 is 22.6 Å². The van der Waals surface area contributed by atoms with E-state index >= 15 is 0 Å². The Bertz CT molecular complexity index is 252. The van der Waals surface area contributed by atoms with Crippen molar-refractivity contribution in [2.24, 2.45) is 5.84 Å². The van der Waals surface area contributed by atoms with E-state index in [1.165, 1.54) is 0 Å². The van der Waals surface area contributed by atoms with Gasteiger partial charge in [0.25, 0.3) is 0 Å². The maximum atomic E-state index is 8.78. The van der Waals surface area contributed by atoms with Gasteiger partial charge in [0.05, 0.1) is 12.3 Å². The SMILES string of the molecule is NNc1cc(CO)ccc1I. The molecule has 0 fully saturated rings. The van der Waals surface area contributed by atoms with E-state index in [1.54, 1.807) is 0 Å². The number of nitrogen functional groups attached to an aromatic ring is 1. The van der Waals surface area contributed by atoms with E-state index < -0.39 is 0 Å². The molecule has 0 aromatic heterocycles. The lowest BCUT2D eigenvalue weighted by molar-refractivity contribution is 0.282. The summed E-state index contributed by atoms with van der Waals surface area (Å²) in [5.74, 6) is 5.24. The molecule has 0 saturated heterocycles. The van der Waals surface area contributed by atoms with Crippen molar-refractivity contribution in [1.82, 2.24) is 0 Å². The van der Waals surface area contributed by atoms with Crippen molar-refractivity contribution in [2.45, 2.75) is 6.61 Å². The maximum Gasteiger partial charge on any atom is 0.0682 e. The van der Waals surface area contributed by atoms with Gasteiger partial charge < -0.3 is 10.5 Å². The number of rotatable bonds is 2. The van der Waals surface area contributed by atoms with Crippen molar-refractivity contribution < 1.29 is 5.11 Å². The average Bonchev–Trinajstić information content (AvgIpc) is 2.05. The highest BCUT2D eigenvalue weighted by Gasteiger charge is 1.97. The van der Waals surface area contributed by atoms with E-state index in [4.69, 9.17) is 10.9 Å². The number of benzene rings is 1. The lowest BCUT2D eigenvalue weighted by Gasteiger charge is -2.04. The van der Waals surface area contributed by atoms with Crippen molar-refractivity contribution in [3.8, 4) is 0 Å². The van der Waals surface area contributed by atoms with Crippen molar-refractivity contribution in [1.29, 1.82) is 0 Å². The van der Waals surface area contributed by atoms with Crippen LogP contribution in [0.5, 0.6) is 0 Å². The number of nitrogens with one attached hydrogen (secondary N) is 1. The topological polar surface area (TPSA) is 58.3 Å². The minimum absolute atomic E-state index is 0.0472. The zero-order valence-electron chi connectivity index (χ0n) is 5.84. The third kappa shape index (κ3) is 2.05. The molecule has 0 saturated carbocycles. The molecule has 0 spiro atoms. The van der Waals surface area contributed by atoms with E-state index in [1.807, 2.05) is 18.2 Å². The summed E-state index contributed by atoms with van der Waals surface area (Å²) >= 11 is 2.17. The van der Waals surface area contributed by atoms with Crippen molar-refractivity contribution >= 4 is 28.3 Å². The Morgan fingerprint density at radius 1 is 1.55 bits per heavy atom. The third-order valence-corrected chi connectivity index (χ3v) is 2.31. The van der Waals surface area contributed by atoms with Crippen LogP contribution in [0, 0.1) is 3.57 Å². The largest absolute Gasteiger partial charge is 0.392 e. The fourth-order valence-electron chi connectivity index (χ4n) is 0.781. The van der Waals surface area contributed by atoms with Crippen LogP contribution < -0.4 is 11.3 Å². The van der Waals surface area contributed by atoms with E-state index in [-0.39, 0.29) is 6.61 Å². The monoisotopic (exact) mass is 264 g/mol. The Morgan fingerprint density at radius 2 is 2.27 bits per heavy atom. The standard InChI is InChI=1S/C7H9IN2O/c8-6-2-1-5(4-11)3-7(6)10-9/h1-3,10-11H,4,9H2. The summed E-state index contributed by atoms with van der Waals surface area (Å²) in [6, 6.07) is 5.59. The molecule has 11 heavy (non-hydrogen) atoms. The van der Waals surface area contributed by atoms with Gasteiger partial charge in [0.2, 0.25) is 0 Å². The molecule has 4 heteroatoms. The number of aliphatic hydroxyl groups excluding tert-OH is 1. The smallest absolute Gasteiger partial charge is 0.0682 e. The molecule has 60 valence electrons. The predicted molar refractivity (Wildman–Crippen MR) is 52.9 cm³/mol. The van der Waals surface area contributed by atoms with Gasteiger partial charge in [0.1, 0.15) is 0 Å². The number of hydrogen-bond donors (Lipinski definition) is 3. The summed E-state index contributed by atoms with van der Waals surface area (Å²) in [4.78, 5) is 0. The van der Waals surface area contributed by atoms with E-state index in [0.29, 0.717) is 0 Å².